The number of benzene rings is 1. The number of nitrogens with one attached hydrogen (secondary N) is 2. The number of hydrogen-bond acceptors (Lipinski definition) is 10. The van der Waals surface area contributed by atoms with Crippen LogP contribution in [0.2, 0.25) is 5.02 Å². The molecule has 254 valence electrons. The Bertz CT molecular complexity index is 1760. The van der Waals surface area contributed by atoms with Crippen LogP contribution in [0.25, 0.3) is 0 Å². The van der Waals surface area contributed by atoms with Gasteiger partial charge in [-0.3, -0.25) is 14.6 Å². The minimum absolute atomic E-state index is 0.0373. The molecule has 3 amide bonds. The maximum absolute atomic E-state index is 13.4. The van der Waals surface area contributed by atoms with Crippen LogP contribution in [0.1, 0.15) is 58.4 Å². The van der Waals surface area contributed by atoms with E-state index in [2.05, 4.69) is 20.1 Å². The van der Waals surface area contributed by atoms with E-state index in [0.29, 0.717) is 16.9 Å². The van der Waals surface area contributed by atoms with E-state index < -0.39 is 58.0 Å². The number of aryl methyl sites for hydroxylation is 1. The van der Waals surface area contributed by atoms with Crippen molar-refractivity contribution in [2.75, 3.05) is 11.9 Å². The monoisotopic (exact) mass is 690 g/mol. The number of imide groups is 1. The van der Waals surface area contributed by atoms with Gasteiger partial charge in [0.25, 0.3) is 5.56 Å². The molecule has 2 heterocycles. The minimum Gasteiger partial charge on any atom is -0.443 e. The van der Waals surface area contributed by atoms with E-state index in [1.54, 1.807) is 66.8 Å². The standard InChI is InChI=1S/C31H39ClN6O8S/c1-20-11-12-22(16-25(20)47(43,44)35-15-13-21-10-8-9-14-33-21)36-26(39)19-38-27(40)23(24(32)17-34-38)18-37(28(41)45-30(2,3)4)29(42)46-31(5,6)7/h8-12,14,16-17,35H,13,15,18-19H2,1-7H3,(H,36,39). The average molecular weight is 691 g/mol. The molecule has 0 radical (unpaired) electrons. The second kappa shape index (κ2) is 15.0. The lowest BCUT2D eigenvalue weighted by atomic mass is 10.2. The van der Waals surface area contributed by atoms with Gasteiger partial charge in [-0.2, -0.15) is 5.10 Å². The van der Waals surface area contributed by atoms with Gasteiger partial charge in [-0.05, 0) is 78.3 Å². The van der Waals surface area contributed by atoms with Crippen LogP contribution in [-0.2, 0) is 43.8 Å². The lowest BCUT2D eigenvalue weighted by Gasteiger charge is -2.28. The van der Waals surface area contributed by atoms with Gasteiger partial charge in [-0.25, -0.2) is 32.3 Å². The Hall–Kier alpha value is -4.34. The summed E-state index contributed by atoms with van der Waals surface area (Å²) in [5, 5.41) is 6.33. The lowest BCUT2D eigenvalue weighted by molar-refractivity contribution is -0.117. The van der Waals surface area contributed by atoms with Crippen LogP contribution in [0.3, 0.4) is 0 Å². The van der Waals surface area contributed by atoms with E-state index in [0.717, 1.165) is 16.6 Å². The summed E-state index contributed by atoms with van der Waals surface area (Å²) in [6, 6.07) is 9.72. The first-order valence-electron chi connectivity index (χ1n) is 14.5. The number of ether oxygens (including phenoxy) is 2. The van der Waals surface area contributed by atoms with E-state index in [1.807, 2.05) is 6.07 Å². The second-order valence-electron chi connectivity index (χ2n) is 12.5. The quantitative estimate of drug-likeness (QED) is 0.309. The maximum Gasteiger partial charge on any atom is 0.420 e. The van der Waals surface area contributed by atoms with Gasteiger partial charge in [0.2, 0.25) is 15.9 Å². The van der Waals surface area contributed by atoms with Crippen molar-refractivity contribution in [1.82, 2.24) is 24.4 Å². The fourth-order valence-electron chi connectivity index (χ4n) is 4.00. The first-order chi connectivity index (χ1) is 21.8. The first-order valence-corrected chi connectivity index (χ1v) is 16.4. The zero-order chi connectivity index (χ0) is 35.2. The molecule has 3 rings (SSSR count). The van der Waals surface area contributed by atoms with Crippen molar-refractivity contribution in [2.24, 2.45) is 0 Å². The molecule has 0 aliphatic heterocycles. The molecule has 0 saturated heterocycles. The zero-order valence-corrected chi connectivity index (χ0v) is 28.9. The lowest BCUT2D eigenvalue weighted by Crippen LogP contribution is -2.44. The average Bonchev–Trinajstić information content (AvgIpc) is 2.94. The summed E-state index contributed by atoms with van der Waals surface area (Å²) in [6.07, 6.45) is 0.964. The fraction of sp³-hybridized carbons (Fsp3) is 0.419. The number of halogens is 1. The van der Waals surface area contributed by atoms with Crippen molar-refractivity contribution in [1.29, 1.82) is 0 Å². The summed E-state index contributed by atoms with van der Waals surface area (Å²) in [7, 11) is -3.94. The highest BCUT2D eigenvalue weighted by Gasteiger charge is 2.33. The molecular formula is C31H39ClN6O8S. The summed E-state index contributed by atoms with van der Waals surface area (Å²) in [5.41, 5.74) is -1.67. The first kappa shape index (κ1) is 37.1. The van der Waals surface area contributed by atoms with E-state index >= 15 is 0 Å². The normalized spacial score (nSPS) is 11.9. The van der Waals surface area contributed by atoms with Crippen LogP contribution in [-0.4, -0.2) is 63.9 Å². The molecule has 0 saturated carbocycles. The summed E-state index contributed by atoms with van der Waals surface area (Å²) in [4.78, 5) is 57.0. The van der Waals surface area contributed by atoms with Crippen LogP contribution in [0, 0.1) is 6.92 Å². The van der Waals surface area contributed by atoms with Gasteiger partial charge in [0, 0.05) is 30.5 Å². The fourth-order valence-corrected chi connectivity index (χ4v) is 5.49. The number of aromatic nitrogens is 3. The van der Waals surface area contributed by atoms with Crippen molar-refractivity contribution in [3.05, 3.63) is 81.0 Å². The molecule has 2 N–H and O–H groups in total. The molecule has 0 aliphatic carbocycles. The number of nitrogens with zero attached hydrogens (tertiary/aromatic N) is 4. The van der Waals surface area contributed by atoms with Gasteiger partial charge in [-0.15, -0.1) is 0 Å². The van der Waals surface area contributed by atoms with Crippen LogP contribution in [0.15, 0.2) is 58.5 Å². The topological polar surface area (TPSA) is 179 Å². The van der Waals surface area contributed by atoms with Crippen molar-refractivity contribution in [3.8, 4) is 0 Å². The van der Waals surface area contributed by atoms with Crippen LogP contribution < -0.4 is 15.6 Å². The van der Waals surface area contributed by atoms with E-state index in [-0.39, 0.29) is 27.7 Å². The molecule has 0 unspecified atom stereocenters. The summed E-state index contributed by atoms with van der Waals surface area (Å²) in [5.74, 6) is -0.709. The van der Waals surface area contributed by atoms with Crippen molar-refractivity contribution >= 4 is 45.4 Å². The number of rotatable bonds is 10. The number of hydrogen-bond donors (Lipinski definition) is 2. The Labute approximate surface area is 278 Å². The van der Waals surface area contributed by atoms with Gasteiger partial charge < -0.3 is 14.8 Å². The molecule has 14 nitrogen and oxygen atoms in total. The van der Waals surface area contributed by atoms with Gasteiger partial charge in [-0.1, -0.05) is 23.7 Å². The second-order valence-corrected chi connectivity index (χ2v) is 14.6. The van der Waals surface area contributed by atoms with Crippen LogP contribution in [0.4, 0.5) is 15.3 Å². The number of sulfonamides is 1. The highest BCUT2D eigenvalue weighted by Crippen LogP contribution is 2.21. The zero-order valence-electron chi connectivity index (χ0n) is 27.3. The van der Waals surface area contributed by atoms with E-state index in [1.165, 1.54) is 18.2 Å². The Morgan fingerprint density at radius 1 is 1.00 bits per heavy atom. The van der Waals surface area contributed by atoms with Crippen LogP contribution >= 0.6 is 11.6 Å². The number of carbonyl (C=O) groups is 3. The Kier molecular flexibility index (Phi) is 11.9. The molecule has 0 aliphatic rings. The van der Waals surface area contributed by atoms with Gasteiger partial charge >= 0.3 is 12.2 Å². The molecule has 2 aromatic heterocycles. The van der Waals surface area contributed by atoms with Crippen molar-refractivity contribution in [2.45, 2.75) is 84.1 Å². The predicted octanol–water partition coefficient (Wildman–Crippen LogP) is 4.43. The molecule has 0 spiro atoms. The number of pyridine rings is 1. The van der Waals surface area contributed by atoms with Crippen LogP contribution in [0.5, 0.6) is 0 Å². The third-order valence-corrected chi connectivity index (χ3v) is 8.02. The van der Waals surface area contributed by atoms with Crippen molar-refractivity contribution < 1.29 is 32.3 Å². The molecule has 1 aromatic carbocycles. The largest absolute Gasteiger partial charge is 0.443 e. The third-order valence-electron chi connectivity index (χ3n) is 6.09. The Morgan fingerprint density at radius 3 is 2.21 bits per heavy atom. The van der Waals surface area contributed by atoms with Gasteiger partial charge in [0.05, 0.1) is 28.2 Å². The summed E-state index contributed by atoms with van der Waals surface area (Å²) in [6.45, 7) is 10.2. The molecule has 0 atom stereocenters. The Balaban J connectivity index is 1.79. The smallest absolute Gasteiger partial charge is 0.420 e. The van der Waals surface area contributed by atoms with Crippen molar-refractivity contribution in [3.63, 3.8) is 0 Å². The minimum atomic E-state index is -3.94. The Morgan fingerprint density at radius 2 is 1.64 bits per heavy atom. The highest BCUT2D eigenvalue weighted by molar-refractivity contribution is 7.89. The molecule has 16 heteroatoms. The van der Waals surface area contributed by atoms with E-state index in [9.17, 15) is 27.6 Å². The molecule has 3 aromatic rings. The maximum atomic E-state index is 13.4. The summed E-state index contributed by atoms with van der Waals surface area (Å²) < 4.78 is 40.1. The highest BCUT2D eigenvalue weighted by atomic mass is 35.5. The summed E-state index contributed by atoms with van der Waals surface area (Å²) >= 11 is 6.26. The molecule has 0 bridgehead atoms. The number of carbonyl (C=O) groups excluding carboxylic acids is 3. The number of amides is 3. The molecule has 47 heavy (non-hydrogen) atoms. The SMILES string of the molecule is Cc1ccc(NC(=O)Cn2ncc(Cl)c(CN(C(=O)OC(C)(C)C)C(=O)OC(C)(C)C)c2=O)cc1S(=O)(=O)NCCc1ccccn1. The van der Waals surface area contributed by atoms with Gasteiger partial charge in [0.1, 0.15) is 17.7 Å². The predicted molar refractivity (Wildman–Crippen MR) is 174 cm³/mol. The molecule has 0 fully saturated rings. The molecular weight excluding hydrogens is 652 g/mol. The van der Waals surface area contributed by atoms with E-state index in [4.69, 9.17) is 21.1 Å². The van der Waals surface area contributed by atoms with Gasteiger partial charge in [0.15, 0.2) is 0 Å². The number of anilines is 1. The third kappa shape index (κ3) is 11.2.